The smallest absolute Gasteiger partial charge is 0.288 e. The molecule has 0 saturated carbocycles. The van der Waals surface area contributed by atoms with Crippen LogP contribution in [0, 0.1) is 10.1 Å². The van der Waals surface area contributed by atoms with E-state index in [9.17, 15) is 14.9 Å². The second kappa shape index (κ2) is 7.11. The molecule has 1 fully saturated rings. The third kappa shape index (κ3) is 3.44. The summed E-state index contributed by atoms with van der Waals surface area (Å²) in [6.45, 7) is 2.34. The molecule has 2 aromatic rings. The molecule has 1 saturated heterocycles. The van der Waals surface area contributed by atoms with Crippen LogP contribution in [0.1, 0.15) is 28.0 Å². The predicted octanol–water partition coefficient (Wildman–Crippen LogP) is 2.49. The van der Waals surface area contributed by atoms with E-state index >= 15 is 0 Å². The summed E-state index contributed by atoms with van der Waals surface area (Å²) in [4.78, 5) is 27.0. The highest BCUT2D eigenvalue weighted by molar-refractivity contribution is 6.32. The highest BCUT2D eigenvalue weighted by Gasteiger charge is 2.26. The number of nitrogens with zero attached hydrogens (tertiary/aromatic N) is 5. The minimum atomic E-state index is -0.580. The van der Waals surface area contributed by atoms with E-state index < -0.39 is 4.92 Å². The number of anilines is 1. The van der Waals surface area contributed by atoms with Crippen LogP contribution in [0.4, 0.5) is 11.5 Å². The van der Waals surface area contributed by atoms with Crippen LogP contribution in [-0.2, 0) is 12.8 Å². The Kier molecular flexibility index (Phi) is 4.65. The monoisotopic (exact) mass is 387 g/mol. The molecule has 0 atom stereocenters. The summed E-state index contributed by atoms with van der Waals surface area (Å²) >= 11 is 5.82. The number of aryl methyl sites for hydroxylation is 2. The average molecular weight is 388 g/mol. The van der Waals surface area contributed by atoms with Gasteiger partial charge in [0.25, 0.3) is 11.6 Å². The Morgan fingerprint density at radius 1 is 1.11 bits per heavy atom. The predicted molar refractivity (Wildman–Crippen MR) is 100 cm³/mol. The lowest BCUT2D eigenvalue weighted by Crippen LogP contribution is -2.49. The number of hydrogen-bond acceptors (Lipinski definition) is 6. The first-order valence-electron chi connectivity index (χ1n) is 8.86. The van der Waals surface area contributed by atoms with E-state index in [1.54, 1.807) is 4.90 Å². The van der Waals surface area contributed by atoms with Crippen LogP contribution in [0.15, 0.2) is 24.3 Å². The number of carbonyl (C=O) groups excluding carboxylic acids is 1. The van der Waals surface area contributed by atoms with Gasteiger partial charge in [0.05, 0.1) is 10.6 Å². The van der Waals surface area contributed by atoms with Crippen molar-refractivity contribution in [3.05, 3.63) is 56.2 Å². The van der Waals surface area contributed by atoms with Crippen molar-refractivity contribution in [3.63, 3.8) is 0 Å². The molecule has 1 amide bonds. The molecule has 1 aromatic heterocycles. The summed E-state index contributed by atoms with van der Waals surface area (Å²) < 4.78 is 0. The Hall–Kier alpha value is -2.74. The number of hydrogen-bond donors (Lipinski definition) is 0. The van der Waals surface area contributed by atoms with Gasteiger partial charge in [-0.2, -0.15) is 5.10 Å². The maximum atomic E-state index is 12.7. The lowest BCUT2D eigenvalue weighted by molar-refractivity contribution is -0.384. The zero-order chi connectivity index (χ0) is 19.0. The third-order valence-electron chi connectivity index (χ3n) is 5.09. The zero-order valence-corrected chi connectivity index (χ0v) is 15.4. The maximum absolute atomic E-state index is 12.7. The van der Waals surface area contributed by atoms with Gasteiger partial charge >= 0.3 is 0 Å². The Balaban J connectivity index is 1.44. The highest BCUT2D eigenvalue weighted by atomic mass is 35.5. The average Bonchev–Trinajstić information content (AvgIpc) is 3.15. The molecule has 1 aliphatic carbocycles. The van der Waals surface area contributed by atoms with Gasteiger partial charge in [0, 0.05) is 37.8 Å². The molecule has 9 heteroatoms. The fourth-order valence-corrected chi connectivity index (χ4v) is 3.77. The van der Waals surface area contributed by atoms with Crippen LogP contribution in [0.3, 0.4) is 0 Å². The lowest BCUT2D eigenvalue weighted by Gasteiger charge is -2.35. The van der Waals surface area contributed by atoms with Crippen molar-refractivity contribution in [1.82, 2.24) is 15.1 Å². The molecule has 8 nitrogen and oxygen atoms in total. The number of carbonyl (C=O) groups is 1. The van der Waals surface area contributed by atoms with Gasteiger partial charge < -0.3 is 9.80 Å². The van der Waals surface area contributed by atoms with Crippen molar-refractivity contribution in [2.24, 2.45) is 0 Å². The van der Waals surface area contributed by atoms with E-state index in [4.69, 9.17) is 11.6 Å². The number of halogens is 1. The summed E-state index contributed by atoms with van der Waals surface area (Å²) in [6, 6.07) is 6.26. The molecule has 0 bridgehead atoms. The SMILES string of the molecule is O=C(c1ccc(Cl)c([N+](=O)[O-])c1)N1CCN(c2cc3c(nn2)CCC3)CC1. The molecule has 2 aliphatic rings. The molecule has 140 valence electrons. The van der Waals surface area contributed by atoms with Gasteiger partial charge in [-0.25, -0.2) is 0 Å². The summed E-state index contributed by atoms with van der Waals surface area (Å²) in [6.07, 6.45) is 3.17. The number of piperazine rings is 1. The fourth-order valence-electron chi connectivity index (χ4n) is 3.58. The minimum Gasteiger partial charge on any atom is -0.352 e. The molecular formula is C18H18ClN5O3. The van der Waals surface area contributed by atoms with Crippen molar-refractivity contribution in [2.75, 3.05) is 31.1 Å². The Bertz CT molecular complexity index is 912. The molecule has 0 N–H and O–H groups in total. The van der Waals surface area contributed by atoms with Crippen LogP contribution in [0.25, 0.3) is 0 Å². The van der Waals surface area contributed by atoms with E-state index in [-0.39, 0.29) is 22.2 Å². The van der Waals surface area contributed by atoms with Gasteiger partial charge in [0.15, 0.2) is 5.82 Å². The first-order valence-corrected chi connectivity index (χ1v) is 9.24. The third-order valence-corrected chi connectivity index (χ3v) is 5.41. The number of fused-ring (bicyclic) bond motifs is 1. The van der Waals surface area contributed by atoms with E-state index in [0.29, 0.717) is 26.2 Å². The topological polar surface area (TPSA) is 92.5 Å². The summed E-state index contributed by atoms with van der Waals surface area (Å²) in [5.74, 6) is 0.624. The number of nitro groups is 1. The molecule has 1 aliphatic heterocycles. The van der Waals surface area contributed by atoms with Gasteiger partial charge in [-0.3, -0.25) is 14.9 Å². The van der Waals surface area contributed by atoms with Crippen LogP contribution < -0.4 is 4.90 Å². The van der Waals surface area contributed by atoms with E-state index in [2.05, 4.69) is 21.2 Å². The van der Waals surface area contributed by atoms with Gasteiger partial charge in [-0.1, -0.05) is 11.6 Å². The quantitative estimate of drug-likeness (QED) is 0.593. The van der Waals surface area contributed by atoms with E-state index in [0.717, 1.165) is 30.8 Å². The van der Waals surface area contributed by atoms with Gasteiger partial charge in [-0.05, 0) is 43.0 Å². The normalized spacial score (nSPS) is 16.3. The summed E-state index contributed by atoms with van der Waals surface area (Å²) in [7, 11) is 0. The van der Waals surface area contributed by atoms with Crippen LogP contribution in [-0.4, -0.2) is 52.1 Å². The molecule has 0 radical (unpaired) electrons. The Morgan fingerprint density at radius 3 is 2.63 bits per heavy atom. The molecule has 2 heterocycles. The zero-order valence-electron chi connectivity index (χ0n) is 14.6. The van der Waals surface area contributed by atoms with Crippen molar-refractivity contribution in [1.29, 1.82) is 0 Å². The van der Waals surface area contributed by atoms with Gasteiger partial charge in [0.2, 0.25) is 0 Å². The van der Waals surface area contributed by atoms with Crippen LogP contribution in [0.5, 0.6) is 0 Å². The van der Waals surface area contributed by atoms with E-state index in [1.807, 2.05) is 0 Å². The molecule has 27 heavy (non-hydrogen) atoms. The number of aromatic nitrogens is 2. The lowest BCUT2D eigenvalue weighted by atomic mass is 10.1. The summed E-state index contributed by atoms with van der Waals surface area (Å²) in [5.41, 5.74) is 2.38. The molecule has 1 aromatic carbocycles. The molecule has 0 spiro atoms. The largest absolute Gasteiger partial charge is 0.352 e. The fraction of sp³-hybridized carbons (Fsp3) is 0.389. The van der Waals surface area contributed by atoms with Gasteiger partial charge in [0.1, 0.15) is 5.02 Å². The first-order chi connectivity index (χ1) is 13.0. The number of benzene rings is 1. The maximum Gasteiger partial charge on any atom is 0.288 e. The highest BCUT2D eigenvalue weighted by Crippen LogP contribution is 2.26. The van der Waals surface area contributed by atoms with Gasteiger partial charge in [-0.15, -0.1) is 5.10 Å². The van der Waals surface area contributed by atoms with Crippen LogP contribution in [0.2, 0.25) is 5.02 Å². The molecular weight excluding hydrogens is 370 g/mol. The van der Waals surface area contributed by atoms with Crippen molar-refractivity contribution < 1.29 is 9.72 Å². The molecule has 0 unspecified atom stereocenters. The minimum absolute atomic E-state index is 0.0246. The second-order valence-electron chi connectivity index (χ2n) is 6.73. The first kappa shape index (κ1) is 17.7. The van der Waals surface area contributed by atoms with E-state index in [1.165, 1.54) is 23.8 Å². The van der Waals surface area contributed by atoms with Crippen molar-refractivity contribution in [2.45, 2.75) is 19.3 Å². The number of amides is 1. The van der Waals surface area contributed by atoms with Crippen molar-refractivity contribution >= 4 is 29.0 Å². The Labute approximate surface area is 160 Å². The standard InChI is InChI=1S/C18H18ClN5O3/c19-14-5-4-13(10-16(14)24(26)27)18(25)23-8-6-22(7-9-23)17-11-12-2-1-3-15(12)20-21-17/h4-5,10-11H,1-3,6-9H2. The Morgan fingerprint density at radius 2 is 1.89 bits per heavy atom. The summed E-state index contributed by atoms with van der Waals surface area (Å²) in [5, 5.41) is 19.7. The number of rotatable bonds is 3. The van der Waals surface area contributed by atoms with Crippen LogP contribution >= 0.6 is 11.6 Å². The van der Waals surface area contributed by atoms with Crippen molar-refractivity contribution in [3.8, 4) is 0 Å². The number of nitro benzene ring substituents is 1. The second-order valence-corrected chi connectivity index (χ2v) is 7.14. The molecule has 4 rings (SSSR count).